The Morgan fingerprint density at radius 2 is 2.00 bits per heavy atom. The quantitative estimate of drug-likeness (QED) is 0.807. The molecule has 1 heterocycles. The number of aromatic hydroxyl groups is 1. The third-order valence-corrected chi connectivity index (χ3v) is 5.16. The second kappa shape index (κ2) is 6.44. The van der Waals surface area contributed by atoms with Crippen molar-refractivity contribution in [2.24, 2.45) is 0 Å². The average molecular weight is 313 g/mol. The van der Waals surface area contributed by atoms with E-state index in [1.807, 2.05) is 4.90 Å². The highest BCUT2D eigenvalue weighted by Gasteiger charge is 2.22. The Balaban J connectivity index is 2.05. The molecule has 1 aromatic rings. The number of carbonyl (C=O) groups excluding carboxylic acids is 1. The topological polar surface area (TPSA) is 83.9 Å². The van der Waals surface area contributed by atoms with E-state index in [4.69, 9.17) is 0 Å². The molecule has 1 N–H and O–H groups in total. The Labute approximate surface area is 124 Å². The number of phenols is 1. The minimum absolute atomic E-state index is 0.148. The molecule has 0 aromatic heterocycles. The lowest BCUT2D eigenvalue weighted by Crippen LogP contribution is -2.39. The molecule has 1 aliphatic rings. The van der Waals surface area contributed by atoms with E-state index < -0.39 is 9.84 Å². The van der Waals surface area contributed by atoms with Gasteiger partial charge in [-0.05, 0) is 11.6 Å². The van der Waals surface area contributed by atoms with Gasteiger partial charge in [0.15, 0.2) is 9.84 Å². The summed E-state index contributed by atoms with van der Waals surface area (Å²) in [5, 5.41) is 9.90. The highest BCUT2D eigenvalue weighted by atomic mass is 32.2. The van der Waals surface area contributed by atoms with Gasteiger partial charge < -0.3 is 9.84 Å². The highest BCUT2D eigenvalue weighted by Crippen LogP contribution is 2.21. The number of sulfone groups is 1. The van der Waals surface area contributed by atoms with Gasteiger partial charge in [0.05, 0.1) is 25.0 Å². The minimum atomic E-state index is -2.91. The molecule has 1 saturated heterocycles. The zero-order chi connectivity index (χ0) is 15.5. The lowest BCUT2D eigenvalue weighted by molar-refractivity contribution is -0.139. The van der Waals surface area contributed by atoms with Crippen molar-refractivity contribution in [1.82, 2.24) is 4.90 Å². The van der Waals surface area contributed by atoms with Crippen LogP contribution in [0.5, 0.6) is 5.75 Å². The van der Waals surface area contributed by atoms with Gasteiger partial charge in [0.25, 0.3) is 0 Å². The highest BCUT2D eigenvalue weighted by molar-refractivity contribution is 7.91. The van der Waals surface area contributed by atoms with E-state index in [1.54, 1.807) is 18.2 Å². The van der Waals surface area contributed by atoms with Crippen molar-refractivity contribution in [3.8, 4) is 5.75 Å². The van der Waals surface area contributed by atoms with Gasteiger partial charge in [-0.2, -0.15) is 0 Å². The predicted octanol–water partition coefficient (Wildman–Crippen LogP) is 0.338. The van der Waals surface area contributed by atoms with Gasteiger partial charge in [-0.15, -0.1) is 0 Å². The molecule has 2 rings (SSSR count). The first-order chi connectivity index (χ1) is 9.89. The molecule has 6 nitrogen and oxygen atoms in total. The number of hydrogen-bond donors (Lipinski definition) is 1. The van der Waals surface area contributed by atoms with Crippen LogP contribution in [0.4, 0.5) is 0 Å². The molecule has 1 fully saturated rings. The van der Waals surface area contributed by atoms with Crippen LogP contribution < -0.4 is 0 Å². The van der Waals surface area contributed by atoms with E-state index in [2.05, 4.69) is 4.74 Å². The van der Waals surface area contributed by atoms with E-state index in [1.165, 1.54) is 7.11 Å². The van der Waals surface area contributed by atoms with Crippen molar-refractivity contribution >= 4 is 15.8 Å². The SMILES string of the molecule is COC(=O)Cc1ccc(O)c(CN2CCS(=O)(=O)CC2)c1. The monoisotopic (exact) mass is 313 g/mol. The molecule has 1 aliphatic heterocycles. The Hall–Kier alpha value is -1.60. The normalized spacial score (nSPS) is 18.3. The van der Waals surface area contributed by atoms with Crippen molar-refractivity contribution in [2.75, 3.05) is 31.7 Å². The van der Waals surface area contributed by atoms with E-state index >= 15 is 0 Å². The lowest BCUT2D eigenvalue weighted by atomic mass is 10.1. The third-order valence-electron chi connectivity index (χ3n) is 3.55. The number of carbonyl (C=O) groups is 1. The first-order valence-corrected chi connectivity index (χ1v) is 8.52. The number of hydrogen-bond acceptors (Lipinski definition) is 6. The molecule has 21 heavy (non-hydrogen) atoms. The number of methoxy groups -OCH3 is 1. The second-order valence-electron chi connectivity index (χ2n) is 5.14. The molecule has 0 radical (unpaired) electrons. The maximum Gasteiger partial charge on any atom is 0.309 e. The molecule has 0 atom stereocenters. The van der Waals surface area contributed by atoms with Crippen molar-refractivity contribution in [3.63, 3.8) is 0 Å². The first-order valence-electron chi connectivity index (χ1n) is 6.70. The van der Waals surface area contributed by atoms with Crippen molar-refractivity contribution in [2.45, 2.75) is 13.0 Å². The van der Waals surface area contributed by atoms with Crippen LogP contribution in [0.15, 0.2) is 18.2 Å². The maximum absolute atomic E-state index is 11.4. The third kappa shape index (κ3) is 4.44. The zero-order valence-electron chi connectivity index (χ0n) is 11.9. The fourth-order valence-electron chi connectivity index (χ4n) is 2.26. The van der Waals surface area contributed by atoms with Gasteiger partial charge in [0, 0.05) is 25.2 Å². The smallest absolute Gasteiger partial charge is 0.309 e. The molecular formula is C14H19NO5S. The number of phenolic OH excluding ortho intramolecular Hbond substituents is 1. The van der Waals surface area contributed by atoms with Gasteiger partial charge in [-0.1, -0.05) is 12.1 Å². The molecule has 1 aromatic carbocycles. The minimum Gasteiger partial charge on any atom is -0.508 e. The standard InChI is InChI=1S/C14H19NO5S/c1-20-14(17)9-11-2-3-13(16)12(8-11)10-15-4-6-21(18,19)7-5-15/h2-3,8,16H,4-7,9-10H2,1H3. The number of ether oxygens (including phenoxy) is 1. The van der Waals surface area contributed by atoms with Crippen molar-refractivity contribution in [3.05, 3.63) is 29.3 Å². The van der Waals surface area contributed by atoms with Gasteiger partial charge in [0.2, 0.25) is 0 Å². The molecule has 0 aliphatic carbocycles. The zero-order valence-corrected chi connectivity index (χ0v) is 12.7. The van der Waals surface area contributed by atoms with E-state index in [0.717, 1.165) is 5.56 Å². The lowest BCUT2D eigenvalue weighted by Gasteiger charge is -2.26. The summed E-state index contributed by atoms with van der Waals surface area (Å²) in [7, 11) is -1.58. The maximum atomic E-state index is 11.4. The molecular weight excluding hydrogens is 294 g/mol. The summed E-state index contributed by atoms with van der Waals surface area (Å²) in [5.74, 6) is 0.110. The summed E-state index contributed by atoms with van der Waals surface area (Å²) in [6.45, 7) is 1.39. The van der Waals surface area contributed by atoms with Crippen molar-refractivity contribution < 1.29 is 23.1 Å². The second-order valence-corrected chi connectivity index (χ2v) is 7.45. The van der Waals surface area contributed by atoms with Crippen LogP contribution in [0, 0.1) is 0 Å². The summed E-state index contributed by atoms with van der Waals surface area (Å²) >= 11 is 0. The van der Waals surface area contributed by atoms with Crippen LogP contribution in [-0.2, 0) is 32.3 Å². The first kappa shape index (κ1) is 15.8. The van der Waals surface area contributed by atoms with Crippen LogP contribution >= 0.6 is 0 Å². The van der Waals surface area contributed by atoms with E-state index in [9.17, 15) is 18.3 Å². The van der Waals surface area contributed by atoms with Crippen LogP contribution in [0.3, 0.4) is 0 Å². The molecule has 0 amide bonds. The van der Waals surface area contributed by atoms with Crippen molar-refractivity contribution in [1.29, 1.82) is 0 Å². The summed E-state index contributed by atoms with van der Waals surface area (Å²) in [4.78, 5) is 13.3. The molecule has 7 heteroatoms. The Kier molecular flexibility index (Phi) is 4.84. The van der Waals surface area contributed by atoms with Gasteiger partial charge >= 0.3 is 5.97 Å². The Morgan fingerprint density at radius 1 is 1.33 bits per heavy atom. The average Bonchev–Trinajstić information content (AvgIpc) is 2.44. The Morgan fingerprint density at radius 3 is 2.62 bits per heavy atom. The molecule has 0 spiro atoms. The number of rotatable bonds is 4. The number of nitrogens with zero attached hydrogens (tertiary/aromatic N) is 1. The molecule has 0 bridgehead atoms. The van der Waals surface area contributed by atoms with Crippen LogP contribution in [0.25, 0.3) is 0 Å². The summed E-state index contributed by atoms with van der Waals surface area (Å²) in [6, 6.07) is 4.99. The summed E-state index contributed by atoms with van der Waals surface area (Å²) in [5.41, 5.74) is 1.45. The van der Waals surface area contributed by atoms with Gasteiger partial charge in [-0.3, -0.25) is 9.69 Å². The fourth-order valence-corrected chi connectivity index (χ4v) is 3.54. The number of benzene rings is 1. The largest absolute Gasteiger partial charge is 0.508 e. The molecule has 0 unspecified atom stereocenters. The van der Waals surface area contributed by atoms with E-state index in [0.29, 0.717) is 25.2 Å². The molecule has 0 saturated carbocycles. The van der Waals surface area contributed by atoms with E-state index in [-0.39, 0.29) is 29.6 Å². The van der Waals surface area contributed by atoms with Crippen LogP contribution in [-0.4, -0.2) is 56.1 Å². The van der Waals surface area contributed by atoms with Gasteiger partial charge in [0.1, 0.15) is 5.75 Å². The predicted molar refractivity (Wildman–Crippen MR) is 77.8 cm³/mol. The number of esters is 1. The molecule has 116 valence electrons. The van der Waals surface area contributed by atoms with Gasteiger partial charge in [-0.25, -0.2) is 8.42 Å². The van der Waals surface area contributed by atoms with Crippen LogP contribution in [0.1, 0.15) is 11.1 Å². The van der Waals surface area contributed by atoms with Crippen LogP contribution in [0.2, 0.25) is 0 Å². The summed E-state index contributed by atoms with van der Waals surface area (Å²) < 4.78 is 27.4. The summed E-state index contributed by atoms with van der Waals surface area (Å²) in [6.07, 6.45) is 0.151. The fraction of sp³-hybridized carbons (Fsp3) is 0.500. The Bertz CT molecular complexity index is 612.